The van der Waals surface area contributed by atoms with Crippen LogP contribution in [0.4, 0.5) is 0 Å². The molecular weight excluding hydrogens is 182 g/mol. The predicted molar refractivity (Wildman–Crippen MR) is 66.6 cm³/mol. The summed E-state index contributed by atoms with van der Waals surface area (Å²) in [7, 11) is 0. The summed E-state index contributed by atoms with van der Waals surface area (Å²) < 4.78 is 0. The Kier molecular flexibility index (Phi) is 4.69. The van der Waals surface area contributed by atoms with Crippen LogP contribution in [0, 0.1) is 0 Å². The quantitative estimate of drug-likeness (QED) is 0.561. The van der Waals surface area contributed by atoms with Crippen molar-refractivity contribution in [3.8, 4) is 0 Å². The van der Waals surface area contributed by atoms with Gasteiger partial charge in [0.2, 0.25) is 0 Å². The van der Waals surface area contributed by atoms with E-state index >= 15 is 0 Å². The molecule has 2 aliphatic rings. The van der Waals surface area contributed by atoms with Gasteiger partial charge in [-0.1, -0.05) is 38.5 Å². The van der Waals surface area contributed by atoms with Crippen LogP contribution in [-0.2, 0) is 0 Å². The van der Waals surface area contributed by atoms with Gasteiger partial charge in [0, 0.05) is 11.8 Å². The number of hydrogen-bond acceptors (Lipinski definition) is 1. The van der Waals surface area contributed by atoms with Crippen LogP contribution in [-0.4, -0.2) is 11.8 Å². The zero-order valence-electron chi connectivity index (χ0n) is 10.0. The minimum atomic E-state index is 0.695. The maximum Gasteiger partial charge on any atom is 0.0499 e. The Hall–Kier alpha value is -0.330. The molecule has 86 valence electrons. The first-order valence-corrected chi connectivity index (χ1v) is 7.01. The van der Waals surface area contributed by atoms with Crippen molar-refractivity contribution < 1.29 is 0 Å². The van der Waals surface area contributed by atoms with Crippen LogP contribution in [0.1, 0.15) is 77.0 Å². The summed E-state index contributed by atoms with van der Waals surface area (Å²) in [6.07, 6.45) is 16.7. The minimum absolute atomic E-state index is 0.695. The molecule has 2 saturated carbocycles. The molecule has 0 aromatic heterocycles. The van der Waals surface area contributed by atoms with Gasteiger partial charge >= 0.3 is 0 Å². The highest BCUT2D eigenvalue weighted by Gasteiger charge is 2.13. The maximum absolute atomic E-state index is 5.03. The van der Waals surface area contributed by atoms with Gasteiger partial charge in [0.25, 0.3) is 0 Å². The lowest BCUT2D eigenvalue weighted by Gasteiger charge is -2.11. The Labute approximate surface area is 94.4 Å². The van der Waals surface area contributed by atoms with Crippen molar-refractivity contribution in [2.45, 2.75) is 83.1 Å². The highest BCUT2D eigenvalue weighted by atomic mass is 14.8. The van der Waals surface area contributed by atoms with E-state index in [4.69, 9.17) is 4.99 Å². The molecule has 0 amide bonds. The van der Waals surface area contributed by atoms with Crippen molar-refractivity contribution in [3.63, 3.8) is 0 Å². The van der Waals surface area contributed by atoms with Gasteiger partial charge in [0.1, 0.15) is 0 Å². The lowest BCUT2D eigenvalue weighted by molar-refractivity contribution is 0.582. The van der Waals surface area contributed by atoms with Crippen molar-refractivity contribution in [1.29, 1.82) is 0 Å². The summed E-state index contributed by atoms with van der Waals surface area (Å²) in [5, 5.41) is 0. The molecule has 0 bridgehead atoms. The molecular formula is C14H25N. The van der Waals surface area contributed by atoms with Crippen molar-refractivity contribution in [2.75, 3.05) is 0 Å². The van der Waals surface area contributed by atoms with Gasteiger partial charge in [-0.3, -0.25) is 4.99 Å². The van der Waals surface area contributed by atoms with Gasteiger partial charge in [-0.15, -0.1) is 0 Å². The zero-order valence-corrected chi connectivity index (χ0v) is 10.0. The number of aliphatic imine (C=N–C) groups is 1. The molecule has 1 heteroatoms. The van der Waals surface area contributed by atoms with Crippen LogP contribution in [0.15, 0.2) is 4.99 Å². The molecule has 1 nitrogen and oxygen atoms in total. The normalized spacial score (nSPS) is 25.7. The highest BCUT2D eigenvalue weighted by Crippen LogP contribution is 2.22. The molecule has 2 aliphatic carbocycles. The van der Waals surface area contributed by atoms with E-state index in [1.807, 2.05) is 0 Å². The van der Waals surface area contributed by atoms with E-state index in [0.29, 0.717) is 6.04 Å². The molecule has 0 aromatic carbocycles. The number of hydrogen-bond donors (Lipinski definition) is 0. The second kappa shape index (κ2) is 6.30. The summed E-state index contributed by atoms with van der Waals surface area (Å²) in [4.78, 5) is 5.03. The molecule has 2 rings (SSSR count). The van der Waals surface area contributed by atoms with Gasteiger partial charge in [0.05, 0.1) is 0 Å². The van der Waals surface area contributed by atoms with E-state index in [1.165, 1.54) is 77.0 Å². The van der Waals surface area contributed by atoms with E-state index in [-0.39, 0.29) is 0 Å². The summed E-state index contributed by atoms with van der Waals surface area (Å²) >= 11 is 0. The topological polar surface area (TPSA) is 12.4 Å². The number of nitrogens with zero attached hydrogens (tertiary/aromatic N) is 1. The molecule has 15 heavy (non-hydrogen) atoms. The third-order valence-electron chi connectivity index (χ3n) is 3.87. The fraction of sp³-hybridized carbons (Fsp3) is 0.929. The minimum Gasteiger partial charge on any atom is -0.291 e. The Morgan fingerprint density at radius 1 is 0.667 bits per heavy atom. The molecule has 0 radical (unpaired) electrons. The van der Waals surface area contributed by atoms with Crippen molar-refractivity contribution in [1.82, 2.24) is 0 Å². The van der Waals surface area contributed by atoms with E-state index in [0.717, 1.165) is 0 Å². The van der Waals surface area contributed by atoms with Gasteiger partial charge < -0.3 is 0 Å². The number of rotatable bonds is 1. The fourth-order valence-electron chi connectivity index (χ4n) is 2.91. The van der Waals surface area contributed by atoms with Gasteiger partial charge in [0.15, 0.2) is 0 Å². The van der Waals surface area contributed by atoms with Gasteiger partial charge in [-0.2, -0.15) is 0 Å². The standard InChI is InChI=1S/C14H25N/c1-2-6-10-13(9-5-1)15-14-11-7-3-4-8-12-14/h13H,1-12H2. The highest BCUT2D eigenvalue weighted by molar-refractivity contribution is 5.84. The lowest BCUT2D eigenvalue weighted by Crippen LogP contribution is -2.07. The van der Waals surface area contributed by atoms with Crippen molar-refractivity contribution in [3.05, 3.63) is 0 Å². The molecule has 0 spiro atoms. The van der Waals surface area contributed by atoms with Crippen LogP contribution < -0.4 is 0 Å². The van der Waals surface area contributed by atoms with E-state index in [1.54, 1.807) is 5.71 Å². The molecule has 0 heterocycles. The van der Waals surface area contributed by atoms with Crippen LogP contribution in [0.25, 0.3) is 0 Å². The summed E-state index contributed by atoms with van der Waals surface area (Å²) in [5.74, 6) is 0. The third-order valence-corrected chi connectivity index (χ3v) is 3.87. The first kappa shape index (κ1) is 11.2. The smallest absolute Gasteiger partial charge is 0.0499 e. The fourth-order valence-corrected chi connectivity index (χ4v) is 2.91. The third kappa shape index (κ3) is 3.96. The van der Waals surface area contributed by atoms with Gasteiger partial charge in [-0.25, -0.2) is 0 Å². The molecule has 0 unspecified atom stereocenters. The van der Waals surface area contributed by atoms with E-state index < -0.39 is 0 Å². The summed E-state index contributed by atoms with van der Waals surface area (Å²) in [6, 6.07) is 0.695. The van der Waals surface area contributed by atoms with Crippen LogP contribution in [0.5, 0.6) is 0 Å². The first-order valence-electron chi connectivity index (χ1n) is 7.01. The van der Waals surface area contributed by atoms with Crippen molar-refractivity contribution in [2.24, 2.45) is 4.99 Å². The molecule has 0 N–H and O–H groups in total. The molecule has 0 aliphatic heterocycles. The Morgan fingerprint density at radius 3 is 1.80 bits per heavy atom. The molecule has 0 atom stereocenters. The largest absolute Gasteiger partial charge is 0.291 e. The van der Waals surface area contributed by atoms with E-state index in [9.17, 15) is 0 Å². The monoisotopic (exact) mass is 207 g/mol. The predicted octanol–water partition coefficient (Wildman–Crippen LogP) is 4.50. The molecule has 0 saturated heterocycles. The summed E-state index contributed by atoms with van der Waals surface area (Å²) in [6.45, 7) is 0. The first-order chi connectivity index (χ1) is 7.45. The Bertz CT molecular complexity index is 189. The maximum atomic E-state index is 5.03. The second-order valence-corrected chi connectivity index (χ2v) is 5.25. The van der Waals surface area contributed by atoms with Crippen molar-refractivity contribution >= 4 is 5.71 Å². The molecule has 2 fully saturated rings. The molecule has 0 aromatic rings. The van der Waals surface area contributed by atoms with Crippen LogP contribution in [0.3, 0.4) is 0 Å². The second-order valence-electron chi connectivity index (χ2n) is 5.25. The Balaban J connectivity index is 1.87. The average molecular weight is 207 g/mol. The lowest BCUT2D eigenvalue weighted by atomic mass is 10.1. The SMILES string of the molecule is C1CCCC(=NC2CCCCCC2)CC1. The van der Waals surface area contributed by atoms with Gasteiger partial charge in [-0.05, 0) is 38.5 Å². The summed E-state index contributed by atoms with van der Waals surface area (Å²) in [5.41, 5.74) is 1.56. The van der Waals surface area contributed by atoms with Crippen LogP contribution in [0.2, 0.25) is 0 Å². The average Bonchev–Trinajstić information content (AvgIpc) is 2.63. The van der Waals surface area contributed by atoms with E-state index in [2.05, 4.69) is 0 Å². The Morgan fingerprint density at radius 2 is 1.20 bits per heavy atom. The van der Waals surface area contributed by atoms with Crippen LogP contribution >= 0.6 is 0 Å². The zero-order chi connectivity index (χ0) is 10.3.